The second-order valence-electron chi connectivity index (χ2n) is 10.7. The lowest BCUT2D eigenvalue weighted by Crippen LogP contribution is -2.37. The predicted molar refractivity (Wildman–Crippen MR) is 162 cm³/mol. The van der Waals surface area contributed by atoms with Gasteiger partial charge in [0.05, 0.1) is 24.0 Å². The zero-order valence-electron chi connectivity index (χ0n) is 24.0. The van der Waals surface area contributed by atoms with E-state index in [0.29, 0.717) is 29.5 Å². The fourth-order valence-corrected chi connectivity index (χ4v) is 5.32. The molecule has 3 aromatic carbocycles. The summed E-state index contributed by atoms with van der Waals surface area (Å²) in [4.78, 5) is 33.7. The number of anilines is 2. The van der Waals surface area contributed by atoms with Crippen LogP contribution in [0.3, 0.4) is 0 Å². The lowest BCUT2D eigenvalue weighted by atomic mass is 9.97. The molecule has 8 heteroatoms. The first kappa shape index (κ1) is 28.5. The van der Waals surface area contributed by atoms with Gasteiger partial charge in [0.2, 0.25) is 0 Å². The van der Waals surface area contributed by atoms with Gasteiger partial charge in [-0.1, -0.05) is 30.3 Å². The first-order chi connectivity index (χ1) is 19.9. The maximum Gasteiger partial charge on any atom is 0.274 e. The van der Waals surface area contributed by atoms with Gasteiger partial charge < -0.3 is 20.3 Å². The predicted octanol–water partition coefficient (Wildman–Crippen LogP) is 5.40. The Bertz CT molecular complexity index is 1410. The molecule has 0 bridgehead atoms. The molecule has 0 atom stereocenters. The summed E-state index contributed by atoms with van der Waals surface area (Å²) in [6, 6.07) is 21.0. The number of rotatable bonds is 10. The molecule has 214 valence electrons. The number of hydroxylamine groups is 1. The molecular formula is C33H38N4O4. The summed E-state index contributed by atoms with van der Waals surface area (Å²) in [6.07, 6.45) is 3.33. The van der Waals surface area contributed by atoms with Gasteiger partial charge in [-0.25, -0.2) is 5.48 Å². The lowest BCUT2D eigenvalue weighted by Gasteiger charge is -2.30. The molecule has 8 nitrogen and oxygen atoms in total. The quantitative estimate of drug-likeness (QED) is 0.177. The number of carbonyl (C=O) groups excluding carboxylic acids is 2. The fourth-order valence-electron chi connectivity index (χ4n) is 5.32. The highest BCUT2D eigenvalue weighted by Gasteiger charge is 2.29. The fraction of sp³-hybridized carbons (Fsp3) is 0.333. The van der Waals surface area contributed by atoms with Crippen molar-refractivity contribution in [3.63, 3.8) is 0 Å². The van der Waals surface area contributed by atoms with E-state index >= 15 is 0 Å². The van der Waals surface area contributed by atoms with Crippen LogP contribution >= 0.6 is 0 Å². The number of benzene rings is 3. The molecule has 1 fully saturated rings. The van der Waals surface area contributed by atoms with E-state index in [1.165, 1.54) is 0 Å². The lowest BCUT2D eigenvalue weighted by molar-refractivity contribution is -0.110. The van der Waals surface area contributed by atoms with Crippen LogP contribution in [0.4, 0.5) is 11.4 Å². The highest BCUT2D eigenvalue weighted by atomic mass is 16.6. The van der Waals surface area contributed by atoms with E-state index in [2.05, 4.69) is 27.1 Å². The van der Waals surface area contributed by atoms with Crippen molar-refractivity contribution in [1.82, 2.24) is 10.4 Å². The summed E-state index contributed by atoms with van der Waals surface area (Å²) >= 11 is 0. The summed E-state index contributed by atoms with van der Waals surface area (Å²) in [6.45, 7) is 7.54. The Kier molecular flexibility index (Phi) is 9.14. The highest BCUT2D eigenvalue weighted by molar-refractivity contribution is 6.37. The van der Waals surface area contributed by atoms with Crippen LogP contribution in [0.15, 0.2) is 66.7 Å². The normalized spacial score (nSPS) is 16.7. The number of carbonyl (C=O) groups is 2. The summed E-state index contributed by atoms with van der Waals surface area (Å²) in [5, 5.41) is 6.46. The van der Waals surface area contributed by atoms with Crippen LogP contribution in [0.1, 0.15) is 51.9 Å². The number of hydrogen-bond donors (Lipinski definition) is 3. The van der Waals surface area contributed by atoms with Crippen molar-refractivity contribution in [3.8, 4) is 0 Å². The molecule has 2 aliphatic heterocycles. The minimum Gasteiger partial charge on any atom is -0.381 e. The molecule has 0 saturated carbocycles. The largest absolute Gasteiger partial charge is 0.381 e. The molecule has 0 spiro atoms. The van der Waals surface area contributed by atoms with E-state index in [9.17, 15) is 9.59 Å². The van der Waals surface area contributed by atoms with E-state index in [4.69, 9.17) is 9.57 Å². The first-order valence-electron chi connectivity index (χ1n) is 14.2. The van der Waals surface area contributed by atoms with Crippen molar-refractivity contribution in [3.05, 3.63) is 94.5 Å². The molecule has 1 saturated heterocycles. The number of amides is 2. The molecule has 41 heavy (non-hydrogen) atoms. The molecule has 0 radical (unpaired) electrons. The molecule has 2 heterocycles. The number of fused-ring (bicyclic) bond motifs is 1. The maximum atomic E-state index is 13.2. The van der Waals surface area contributed by atoms with E-state index in [-0.39, 0.29) is 11.8 Å². The molecule has 0 unspecified atom stereocenters. The zero-order valence-corrected chi connectivity index (χ0v) is 24.0. The number of nitrogens with zero attached hydrogens (tertiary/aromatic N) is 1. The van der Waals surface area contributed by atoms with Crippen LogP contribution in [0.25, 0.3) is 11.3 Å². The van der Waals surface area contributed by atoms with Crippen molar-refractivity contribution in [2.45, 2.75) is 39.2 Å². The Balaban J connectivity index is 1.22. The molecule has 3 aromatic rings. The minimum absolute atomic E-state index is 0.149. The number of nitrogens with one attached hydrogen (secondary N) is 3. The third-order valence-corrected chi connectivity index (χ3v) is 7.86. The molecule has 0 aliphatic carbocycles. The number of aryl methyl sites for hydroxylation is 2. The topological polar surface area (TPSA) is 91.9 Å². The van der Waals surface area contributed by atoms with Crippen LogP contribution in [-0.4, -0.2) is 56.2 Å². The van der Waals surface area contributed by atoms with Gasteiger partial charge >= 0.3 is 0 Å². The monoisotopic (exact) mass is 554 g/mol. The SMILES string of the molecule is COC1CCN(CCCONC(=O)c2ccc(N/C(=C3\C(=O)Nc4cc(C)c(C)cc43)c3ccccc3)cc2)CC1. The van der Waals surface area contributed by atoms with Crippen molar-refractivity contribution in [2.24, 2.45) is 0 Å². The van der Waals surface area contributed by atoms with Gasteiger partial charge in [-0.2, -0.15) is 0 Å². The third-order valence-electron chi connectivity index (χ3n) is 7.86. The van der Waals surface area contributed by atoms with Crippen molar-refractivity contribution in [2.75, 3.05) is 44.0 Å². The highest BCUT2D eigenvalue weighted by Crippen LogP contribution is 2.39. The van der Waals surface area contributed by atoms with Gasteiger partial charge in [-0.3, -0.25) is 14.4 Å². The number of piperidine rings is 1. The van der Waals surface area contributed by atoms with Crippen LogP contribution in [-0.2, 0) is 14.4 Å². The average molecular weight is 555 g/mol. The first-order valence-corrected chi connectivity index (χ1v) is 14.2. The molecule has 2 aliphatic rings. The van der Waals surface area contributed by atoms with Crippen LogP contribution in [0.2, 0.25) is 0 Å². The van der Waals surface area contributed by atoms with Crippen LogP contribution < -0.4 is 16.1 Å². The molecule has 3 N–H and O–H groups in total. The zero-order chi connectivity index (χ0) is 28.8. The smallest absolute Gasteiger partial charge is 0.274 e. The standard InChI is InChI=1S/C33H38N4O4/c1-22-20-28-29(21-23(22)2)35-33(39)30(28)31(24-8-5-4-6-9-24)34-26-12-10-25(11-13-26)32(38)36-41-19-7-16-37-17-14-27(40-3)15-18-37/h4-6,8-13,20-21,27,34H,7,14-19H2,1-3H3,(H,35,39)(H,36,38)/b31-30-. The number of hydrogen-bond acceptors (Lipinski definition) is 6. The summed E-state index contributed by atoms with van der Waals surface area (Å²) < 4.78 is 5.42. The van der Waals surface area contributed by atoms with Crippen molar-refractivity contribution < 1.29 is 19.2 Å². The maximum absolute atomic E-state index is 13.2. The molecule has 5 rings (SSSR count). The minimum atomic E-state index is -0.297. The van der Waals surface area contributed by atoms with Gasteiger partial charge in [-0.05, 0) is 86.2 Å². The van der Waals surface area contributed by atoms with Crippen molar-refractivity contribution in [1.29, 1.82) is 0 Å². The molecule has 2 amide bonds. The average Bonchev–Trinajstić information content (AvgIpc) is 3.30. The van der Waals surface area contributed by atoms with Crippen LogP contribution in [0, 0.1) is 13.8 Å². The van der Waals surface area contributed by atoms with Crippen molar-refractivity contribution >= 4 is 34.5 Å². The Labute approximate surface area is 241 Å². The molecule has 0 aromatic heterocycles. The molecular weight excluding hydrogens is 516 g/mol. The van der Waals surface area contributed by atoms with Gasteiger partial charge in [0.15, 0.2) is 0 Å². The summed E-state index contributed by atoms with van der Waals surface area (Å²) in [5.41, 5.74) is 9.91. The number of likely N-dealkylation sites (tertiary alicyclic amines) is 1. The number of ether oxygens (including phenoxy) is 1. The second kappa shape index (κ2) is 13.1. The summed E-state index contributed by atoms with van der Waals surface area (Å²) in [5.74, 6) is -0.446. The van der Waals surface area contributed by atoms with E-state index in [1.807, 2.05) is 62.4 Å². The summed E-state index contributed by atoms with van der Waals surface area (Å²) in [7, 11) is 1.78. The van der Waals surface area contributed by atoms with Gasteiger partial charge in [0.25, 0.3) is 11.8 Å². The second-order valence-corrected chi connectivity index (χ2v) is 10.7. The third kappa shape index (κ3) is 6.85. The van der Waals surface area contributed by atoms with E-state index in [0.717, 1.165) is 72.5 Å². The Morgan fingerprint density at radius 3 is 2.39 bits per heavy atom. The van der Waals surface area contributed by atoms with E-state index in [1.54, 1.807) is 19.2 Å². The van der Waals surface area contributed by atoms with Gasteiger partial charge in [0.1, 0.15) is 0 Å². The Morgan fingerprint density at radius 2 is 1.68 bits per heavy atom. The van der Waals surface area contributed by atoms with Crippen LogP contribution in [0.5, 0.6) is 0 Å². The van der Waals surface area contributed by atoms with E-state index < -0.39 is 0 Å². The number of methoxy groups -OCH3 is 1. The van der Waals surface area contributed by atoms with Gasteiger partial charge in [0, 0.05) is 49.2 Å². The Hall–Kier alpha value is -3.98. The Morgan fingerprint density at radius 1 is 0.976 bits per heavy atom. The van der Waals surface area contributed by atoms with Gasteiger partial charge in [-0.15, -0.1) is 0 Å².